The summed E-state index contributed by atoms with van der Waals surface area (Å²) >= 11 is 0. The van der Waals surface area contributed by atoms with E-state index in [0.717, 1.165) is 38.5 Å². The van der Waals surface area contributed by atoms with Gasteiger partial charge in [-0.1, -0.05) is 63.3 Å². The summed E-state index contributed by atoms with van der Waals surface area (Å²) in [5, 5.41) is 11.1. The maximum atomic E-state index is 12.8. The second kappa shape index (κ2) is 7.33. The highest BCUT2D eigenvalue weighted by Crippen LogP contribution is 2.71. The number of rotatable bonds is 4. The van der Waals surface area contributed by atoms with Gasteiger partial charge in [-0.05, 0) is 61.2 Å². The molecule has 2 atom stereocenters. The van der Waals surface area contributed by atoms with Gasteiger partial charge < -0.3 is 5.11 Å². The van der Waals surface area contributed by atoms with Crippen LogP contribution in [0.4, 0.5) is 0 Å². The second-order valence-electron chi connectivity index (χ2n) is 10.2. The molecule has 25 heavy (non-hydrogen) atoms. The van der Waals surface area contributed by atoms with Crippen LogP contribution in [0.25, 0.3) is 0 Å². The molecule has 0 saturated heterocycles. The molecule has 0 aliphatic heterocycles. The van der Waals surface area contributed by atoms with Gasteiger partial charge in [0.15, 0.2) is 0 Å². The lowest BCUT2D eigenvalue weighted by molar-refractivity contribution is -0.226. The first-order valence-corrected chi connectivity index (χ1v) is 9.69. The van der Waals surface area contributed by atoms with Crippen molar-refractivity contribution in [2.45, 2.75) is 120 Å². The minimum Gasteiger partial charge on any atom is -0.390 e. The molecule has 4 rings (SSSR count). The number of carbonyl (C=O) groups is 1. The lowest BCUT2D eigenvalue weighted by atomic mass is 9.38. The minimum atomic E-state index is -0.505. The van der Waals surface area contributed by atoms with Gasteiger partial charge >= 0.3 is 0 Å². The molecule has 0 aromatic carbocycles. The summed E-state index contributed by atoms with van der Waals surface area (Å²) in [5.74, 6) is 0.405. The Kier molecular flexibility index (Phi) is 7.22. The number of hydrogen-bond acceptors (Lipinski definition) is 2. The monoisotopic (exact) mass is 354 g/mol. The SMILES string of the molecule is C.C.CC.CCC(C)(C)C(=O)CC12CC3(C)CC(C)(CC(O)(C3)C1)C2. The largest absolute Gasteiger partial charge is 0.390 e. The Morgan fingerprint density at radius 1 is 0.920 bits per heavy atom. The Hall–Kier alpha value is -0.370. The van der Waals surface area contributed by atoms with Gasteiger partial charge in [-0.25, -0.2) is 0 Å². The molecule has 2 unspecified atom stereocenters. The van der Waals surface area contributed by atoms with Crippen LogP contribution in [0.1, 0.15) is 115 Å². The maximum absolute atomic E-state index is 12.8. The van der Waals surface area contributed by atoms with Crippen molar-refractivity contribution in [3.05, 3.63) is 0 Å². The summed E-state index contributed by atoms with van der Waals surface area (Å²) in [4.78, 5) is 12.8. The Labute approximate surface area is 158 Å². The van der Waals surface area contributed by atoms with Crippen molar-refractivity contribution in [1.82, 2.24) is 0 Å². The molecule has 0 aromatic heterocycles. The Balaban J connectivity index is 0.00000139. The summed E-state index contributed by atoms with van der Waals surface area (Å²) in [7, 11) is 0. The van der Waals surface area contributed by atoms with E-state index in [1.807, 2.05) is 13.8 Å². The van der Waals surface area contributed by atoms with Crippen molar-refractivity contribution in [3.63, 3.8) is 0 Å². The Morgan fingerprint density at radius 2 is 1.36 bits per heavy atom. The molecule has 150 valence electrons. The lowest BCUT2D eigenvalue weighted by Crippen LogP contribution is -2.63. The number of ketones is 1. The fourth-order valence-corrected chi connectivity index (χ4v) is 6.84. The first-order valence-electron chi connectivity index (χ1n) is 9.69. The number of aliphatic hydroxyl groups is 1. The van der Waals surface area contributed by atoms with Crippen molar-refractivity contribution in [3.8, 4) is 0 Å². The fourth-order valence-electron chi connectivity index (χ4n) is 6.84. The van der Waals surface area contributed by atoms with E-state index in [1.165, 1.54) is 6.42 Å². The quantitative estimate of drug-likeness (QED) is 0.603. The summed E-state index contributed by atoms with van der Waals surface area (Å²) in [6.07, 6.45) is 7.85. The molecule has 0 heterocycles. The normalized spacial score (nSPS) is 41.1. The average Bonchev–Trinajstić information content (AvgIpc) is 2.34. The van der Waals surface area contributed by atoms with Gasteiger partial charge in [-0.3, -0.25) is 4.79 Å². The molecule has 2 nitrogen and oxygen atoms in total. The summed E-state index contributed by atoms with van der Waals surface area (Å²) in [5.41, 5.74) is -0.164. The summed E-state index contributed by atoms with van der Waals surface area (Å²) in [6, 6.07) is 0. The topological polar surface area (TPSA) is 37.3 Å². The highest BCUT2D eigenvalue weighted by molar-refractivity contribution is 5.84. The Morgan fingerprint density at radius 3 is 1.72 bits per heavy atom. The molecule has 4 saturated carbocycles. The van der Waals surface area contributed by atoms with E-state index in [9.17, 15) is 9.90 Å². The highest BCUT2D eigenvalue weighted by atomic mass is 16.3. The number of Topliss-reactive ketones (excluding diaryl/α,β-unsaturated/α-hetero) is 1. The van der Waals surface area contributed by atoms with E-state index in [4.69, 9.17) is 0 Å². The van der Waals surface area contributed by atoms with Crippen LogP contribution in [-0.4, -0.2) is 16.5 Å². The average molecular weight is 355 g/mol. The molecule has 4 aliphatic rings. The summed E-state index contributed by atoms with van der Waals surface area (Å²) < 4.78 is 0. The number of carbonyl (C=O) groups excluding carboxylic acids is 1. The smallest absolute Gasteiger partial charge is 0.139 e. The van der Waals surface area contributed by atoms with E-state index in [-0.39, 0.29) is 36.5 Å². The van der Waals surface area contributed by atoms with Crippen LogP contribution in [0.15, 0.2) is 0 Å². The van der Waals surface area contributed by atoms with E-state index in [1.54, 1.807) is 0 Å². The molecule has 4 aliphatic carbocycles. The van der Waals surface area contributed by atoms with Crippen LogP contribution in [-0.2, 0) is 4.79 Å². The second-order valence-corrected chi connectivity index (χ2v) is 10.2. The molecule has 1 N–H and O–H groups in total. The highest BCUT2D eigenvalue weighted by Gasteiger charge is 2.65. The van der Waals surface area contributed by atoms with Gasteiger partial charge in [0.05, 0.1) is 5.60 Å². The van der Waals surface area contributed by atoms with E-state index in [2.05, 4.69) is 34.6 Å². The first kappa shape index (κ1) is 24.6. The van der Waals surface area contributed by atoms with Gasteiger partial charge in [-0.2, -0.15) is 0 Å². The van der Waals surface area contributed by atoms with Crippen molar-refractivity contribution in [1.29, 1.82) is 0 Å². The van der Waals surface area contributed by atoms with Gasteiger partial charge in [0.25, 0.3) is 0 Å². The van der Waals surface area contributed by atoms with Crippen LogP contribution >= 0.6 is 0 Å². The van der Waals surface area contributed by atoms with Crippen LogP contribution in [0.5, 0.6) is 0 Å². The third-order valence-corrected chi connectivity index (χ3v) is 6.85. The molecule has 0 spiro atoms. The Bertz CT molecular complexity index is 423. The maximum Gasteiger partial charge on any atom is 0.139 e. The molecule has 4 bridgehead atoms. The molecule has 0 amide bonds. The zero-order chi connectivity index (χ0) is 17.7. The van der Waals surface area contributed by atoms with Gasteiger partial charge in [0.1, 0.15) is 5.78 Å². The van der Waals surface area contributed by atoms with E-state index >= 15 is 0 Å². The third-order valence-electron chi connectivity index (χ3n) is 6.85. The lowest BCUT2D eigenvalue weighted by Gasteiger charge is -2.68. The molecular formula is C23H46O2. The van der Waals surface area contributed by atoms with Crippen LogP contribution in [0, 0.1) is 21.7 Å². The van der Waals surface area contributed by atoms with E-state index in [0.29, 0.717) is 12.2 Å². The predicted octanol–water partition coefficient (Wildman–Crippen LogP) is 6.79. The predicted molar refractivity (Wildman–Crippen MR) is 110 cm³/mol. The van der Waals surface area contributed by atoms with Crippen molar-refractivity contribution >= 4 is 5.78 Å². The first-order chi connectivity index (χ1) is 10.4. The minimum absolute atomic E-state index is 0. The van der Waals surface area contributed by atoms with E-state index < -0.39 is 5.60 Å². The molecule has 2 heteroatoms. The molecular weight excluding hydrogens is 308 g/mol. The zero-order valence-electron chi connectivity index (χ0n) is 16.5. The fraction of sp³-hybridized carbons (Fsp3) is 0.957. The van der Waals surface area contributed by atoms with Gasteiger partial charge in [-0.15, -0.1) is 0 Å². The van der Waals surface area contributed by atoms with Crippen molar-refractivity contribution in [2.75, 3.05) is 0 Å². The van der Waals surface area contributed by atoms with Crippen molar-refractivity contribution < 1.29 is 9.90 Å². The third kappa shape index (κ3) is 4.49. The van der Waals surface area contributed by atoms with Crippen LogP contribution < -0.4 is 0 Å². The van der Waals surface area contributed by atoms with Gasteiger partial charge in [0, 0.05) is 11.8 Å². The van der Waals surface area contributed by atoms with Crippen LogP contribution in [0.2, 0.25) is 0 Å². The number of hydrogen-bond donors (Lipinski definition) is 1. The van der Waals surface area contributed by atoms with Crippen LogP contribution in [0.3, 0.4) is 0 Å². The van der Waals surface area contributed by atoms with Crippen molar-refractivity contribution in [2.24, 2.45) is 21.7 Å². The molecule has 0 radical (unpaired) electrons. The zero-order valence-corrected chi connectivity index (χ0v) is 16.5. The standard InChI is InChI=1S/C19H32O2.C2H6.2CH4/c1-6-15(2,3)14(20)7-18-9-16(4)8-17(5,10-18)12-19(21,11-16)13-18;1-2;;/h21H,6-13H2,1-5H3;1-2H3;2*1H4. The molecule has 4 fully saturated rings. The summed E-state index contributed by atoms with van der Waals surface area (Å²) in [6.45, 7) is 14.9. The molecule has 0 aromatic rings. The van der Waals surface area contributed by atoms with Gasteiger partial charge in [0.2, 0.25) is 0 Å².